The molecule has 0 saturated heterocycles. The molecule has 52 heavy (non-hydrogen) atoms. The number of anilines is 6. The monoisotopic (exact) mass is 667 g/mol. The van der Waals surface area contributed by atoms with Gasteiger partial charge in [-0.2, -0.15) is 0 Å². The second-order valence-corrected chi connectivity index (χ2v) is 13.0. The molecular weight excluding hydrogens is 635 g/mol. The fourth-order valence-corrected chi connectivity index (χ4v) is 7.75. The van der Waals surface area contributed by atoms with Crippen molar-refractivity contribution in [1.29, 1.82) is 0 Å². The first kappa shape index (κ1) is 29.8. The van der Waals surface area contributed by atoms with Crippen LogP contribution in [0.4, 0.5) is 34.1 Å². The van der Waals surface area contributed by atoms with Crippen LogP contribution in [0.15, 0.2) is 205 Å². The predicted octanol–water partition coefficient (Wildman–Crippen LogP) is 13.6. The maximum atomic E-state index is 6.44. The van der Waals surface area contributed by atoms with Crippen LogP contribution in [0, 0.1) is 0 Å². The highest BCUT2D eigenvalue weighted by Crippen LogP contribution is 2.49. The van der Waals surface area contributed by atoms with Crippen molar-refractivity contribution in [2.75, 3.05) is 9.80 Å². The van der Waals surface area contributed by atoms with E-state index in [4.69, 9.17) is 4.42 Å². The van der Waals surface area contributed by atoms with Crippen LogP contribution in [0.5, 0.6) is 0 Å². The average molecular weight is 668 g/mol. The second-order valence-electron chi connectivity index (χ2n) is 13.0. The van der Waals surface area contributed by atoms with Crippen LogP contribution in [0.2, 0.25) is 0 Å². The second kappa shape index (κ2) is 12.4. The summed E-state index contributed by atoms with van der Waals surface area (Å²) in [6, 6.07) is 70.9. The molecule has 0 fully saturated rings. The summed E-state index contributed by atoms with van der Waals surface area (Å²) >= 11 is 0. The summed E-state index contributed by atoms with van der Waals surface area (Å²) in [5, 5.41) is 4.53. The number of aromatic nitrogens is 1. The van der Waals surface area contributed by atoms with Crippen molar-refractivity contribution in [3.63, 3.8) is 0 Å². The van der Waals surface area contributed by atoms with Crippen LogP contribution in [0.1, 0.15) is 0 Å². The molecule has 0 atom stereocenters. The zero-order valence-electron chi connectivity index (χ0n) is 28.3. The highest BCUT2D eigenvalue weighted by Gasteiger charge is 2.26. The van der Waals surface area contributed by atoms with E-state index in [1.54, 1.807) is 0 Å². The molecule has 0 radical (unpaired) electrons. The summed E-state index contributed by atoms with van der Waals surface area (Å²) in [5.41, 5.74) is 11.5. The van der Waals surface area contributed by atoms with Crippen molar-refractivity contribution in [2.45, 2.75) is 0 Å². The summed E-state index contributed by atoms with van der Waals surface area (Å²) in [6.45, 7) is 0. The molecule has 0 spiro atoms. The van der Waals surface area contributed by atoms with Crippen molar-refractivity contribution < 1.29 is 4.42 Å². The number of furan rings is 1. The van der Waals surface area contributed by atoms with Gasteiger partial charge in [0, 0.05) is 38.9 Å². The van der Waals surface area contributed by atoms with Gasteiger partial charge in [-0.1, -0.05) is 115 Å². The van der Waals surface area contributed by atoms with E-state index in [0.29, 0.717) is 0 Å². The van der Waals surface area contributed by atoms with Crippen LogP contribution in [-0.4, -0.2) is 4.57 Å². The van der Waals surface area contributed by atoms with Gasteiger partial charge in [-0.3, -0.25) is 0 Å². The zero-order chi connectivity index (χ0) is 34.4. The van der Waals surface area contributed by atoms with E-state index >= 15 is 0 Å². The van der Waals surface area contributed by atoms with E-state index in [9.17, 15) is 0 Å². The summed E-state index contributed by atoms with van der Waals surface area (Å²) in [6.07, 6.45) is 0. The molecule has 2 aromatic heterocycles. The molecule has 10 rings (SSSR count). The number of rotatable bonds is 7. The van der Waals surface area contributed by atoms with Gasteiger partial charge in [-0.05, 0) is 84.9 Å². The molecule has 0 saturated carbocycles. The number of nitrogens with zero attached hydrogens (tertiary/aromatic N) is 3. The first-order chi connectivity index (χ1) is 25.8. The summed E-state index contributed by atoms with van der Waals surface area (Å²) in [7, 11) is 0. The minimum atomic E-state index is 0.856. The third-order valence-electron chi connectivity index (χ3n) is 9.91. The highest BCUT2D eigenvalue weighted by molar-refractivity contribution is 6.19. The quantitative estimate of drug-likeness (QED) is 0.169. The van der Waals surface area contributed by atoms with E-state index < -0.39 is 0 Å². The first-order valence-electron chi connectivity index (χ1n) is 17.6. The lowest BCUT2D eigenvalue weighted by atomic mass is 10.0. The van der Waals surface area contributed by atoms with Crippen LogP contribution < -0.4 is 9.80 Å². The normalized spacial score (nSPS) is 11.5. The standard InChI is InChI=1S/C48H33N3O/c1-5-18-34(19-6-1)49(35-20-7-2-8-21-35)43-32-38(33-44-47(43)39-26-13-15-28-41(39)51(44)37-24-11-4-12-25-37)50(36-22-9-3-10-23-36)42-29-17-31-46-48(42)40-27-14-16-30-45(40)52-46/h1-33H. The third kappa shape index (κ3) is 4.84. The molecule has 0 unspecified atom stereocenters. The van der Waals surface area contributed by atoms with E-state index in [1.807, 2.05) is 12.1 Å². The van der Waals surface area contributed by atoms with E-state index in [1.165, 1.54) is 10.8 Å². The Labute approximate surface area is 301 Å². The van der Waals surface area contributed by atoms with Crippen molar-refractivity contribution >= 4 is 77.9 Å². The van der Waals surface area contributed by atoms with Crippen molar-refractivity contribution in [3.8, 4) is 5.69 Å². The molecule has 0 amide bonds. The SMILES string of the molecule is c1ccc(N(c2cc(N(c3ccccc3)c3ccccc3)c3c4ccccc4n(-c4ccccc4)c3c2)c2cccc3oc4ccccc4c23)cc1. The van der Waals surface area contributed by atoms with Crippen LogP contribution >= 0.6 is 0 Å². The summed E-state index contributed by atoms with van der Waals surface area (Å²) in [4.78, 5) is 4.78. The minimum Gasteiger partial charge on any atom is -0.456 e. The fraction of sp³-hybridized carbons (Fsp3) is 0. The molecule has 0 aliphatic carbocycles. The van der Waals surface area contributed by atoms with Gasteiger partial charge in [0.2, 0.25) is 0 Å². The average Bonchev–Trinajstić information content (AvgIpc) is 3.76. The Morgan fingerprint density at radius 3 is 1.52 bits per heavy atom. The van der Waals surface area contributed by atoms with Crippen molar-refractivity contribution in [1.82, 2.24) is 4.57 Å². The van der Waals surface area contributed by atoms with Gasteiger partial charge >= 0.3 is 0 Å². The number of fused-ring (bicyclic) bond motifs is 6. The third-order valence-corrected chi connectivity index (χ3v) is 9.91. The maximum absolute atomic E-state index is 6.44. The lowest BCUT2D eigenvalue weighted by Crippen LogP contribution is -2.14. The Morgan fingerprint density at radius 1 is 0.346 bits per heavy atom. The van der Waals surface area contributed by atoms with Gasteiger partial charge in [0.15, 0.2) is 0 Å². The summed E-state index contributed by atoms with van der Waals surface area (Å²) in [5.74, 6) is 0. The Kier molecular flexibility index (Phi) is 7.10. The molecule has 246 valence electrons. The summed E-state index contributed by atoms with van der Waals surface area (Å²) < 4.78 is 8.85. The molecule has 0 aliphatic heterocycles. The molecule has 4 nitrogen and oxygen atoms in total. The van der Waals surface area contributed by atoms with E-state index in [-0.39, 0.29) is 0 Å². The van der Waals surface area contributed by atoms with Crippen LogP contribution in [0.25, 0.3) is 49.4 Å². The molecule has 0 N–H and O–H groups in total. The van der Waals surface area contributed by atoms with Crippen LogP contribution in [0.3, 0.4) is 0 Å². The van der Waals surface area contributed by atoms with Gasteiger partial charge in [0.25, 0.3) is 0 Å². The lowest BCUT2D eigenvalue weighted by Gasteiger charge is -2.30. The van der Waals surface area contributed by atoms with Crippen LogP contribution in [-0.2, 0) is 0 Å². The Morgan fingerprint density at radius 2 is 0.865 bits per heavy atom. The van der Waals surface area contributed by atoms with E-state index in [0.717, 1.165) is 72.8 Å². The van der Waals surface area contributed by atoms with Crippen molar-refractivity contribution in [2.24, 2.45) is 0 Å². The minimum absolute atomic E-state index is 0.856. The van der Waals surface area contributed by atoms with Gasteiger partial charge < -0.3 is 18.8 Å². The number of hydrogen-bond donors (Lipinski definition) is 0. The van der Waals surface area contributed by atoms with Crippen molar-refractivity contribution in [3.05, 3.63) is 200 Å². The number of hydrogen-bond acceptors (Lipinski definition) is 3. The van der Waals surface area contributed by atoms with E-state index in [2.05, 4.69) is 202 Å². The smallest absolute Gasteiger partial charge is 0.137 e. The Balaban J connectivity index is 1.37. The van der Waals surface area contributed by atoms with Gasteiger partial charge in [0.05, 0.1) is 33.5 Å². The largest absolute Gasteiger partial charge is 0.456 e. The van der Waals surface area contributed by atoms with Gasteiger partial charge in [0.1, 0.15) is 11.2 Å². The molecule has 4 heteroatoms. The molecule has 0 aliphatic rings. The number of para-hydroxylation sites is 6. The highest BCUT2D eigenvalue weighted by atomic mass is 16.3. The predicted molar refractivity (Wildman–Crippen MR) is 217 cm³/mol. The maximum Gasteiger partial charge on any atom is 0.137 e. The Hall–Kier alpha value is -7.04. The lowest BCUT2D eigenvalue weighted by molar-refractivity contribution is 0.669. The first-order valence-corrected chi connectivity index (χ1v) is 17.6. The van der Waals surface area contributed by atoms with Gasteiger partial charge in [-0.15, -0.1) is 0 Å². The molecule has 2 heterocycles. The zero-order valence-corrected chi connectivity index (χ0v) is 28.3. The topological polar surface area (TPSA) is 24.6 Å². The van der Waals surface area contributed by atoms with Gasteiger partial charge in [-0.25, -0.2) is 0 Å². The Bertz CT molecular complexity index is 2800. The number of benzene rings is 8. The molecule has 8 aromatic carbocycles. The molecule has 0 bridgehead atoms. The molecular formula is C48H33N3O. The molecule has 10 aromatic rings. The fourth-order valence-electron chi connectivity index (χ4n) is 7.75.